The Balaban J connectivity index is 2.07. The molecule has 0 aromatic heterocycles. The number of hydrogen-bond acceptors (Lipinski definition) is 3. The Hall–Kier alpha value is -1.86. The molecule has 2 aromatic carbocycles. The fraction of sp³-hybridized carbons (Fsp3) is 0.133. The van der Waals surface area contributed by atoms with E-state index in [4.69, 9.17) is 16.7 Å². The number of phenolic OH excluding ortho intramolecular Hbond substituents is 1. The summed E-state index contributed by atoms with van der Waals surface area (Å²) < 4.78 is 38.8. The molecule has 0 radical (unpaired) electrons. The highest BCUT2D eigenvalue weighted by Crippen LogP contribution is 2.38. The van der Waals surface area contributed by atoms with Crippen molar-refractivity contribution in [1.82, 2.24) is 0 Å². The molecule has 0 aliphatic rings. The predicted molar refractivity (Wildman–Crippen MR) is 83.9 cm³/mol. The first-order valence-electron chi connectivity index (χ1n) is 6.35. The molecule has 0 heterocycles. The molecule has 0 saturated carbocycles. The van der Waals surface area contributed by atoms with Gasteiger partial charge in [-0.1, -0.05) is 17.7 Å². The fourth-order valence-corrected chi connectivity index (χ4v) is 2.67. The van der Waals surface area contributed by atoms with E-state index in [1.54, 1.807) is 12.1 Å². The Labute approximate surface area is 139 Å². The van der Waals surface area contributed by atoms with E-state index < -0.39 is 23.3 Å². The van der Waals surface area contributed by atoms with Crippen LogP contribution in [0.3, 0.4) is 0 Å². The molecule has 0 saturated heterocycles. The minimum absolute atomic E-state index is 0.0877. The van der Waals surface area contributed by atoms with Crippen molar-refractivity contribution in [3.8, 4) is 5.75 Å². The lowest BCUT2D eigenvalue weighted by molar-refractivity contribution is -0.137. The number of carbonyl (C=O) groups is 1. The van der Waals surface area contributed by atoms with Crippen LogP contribution in [0.1, 0.15) is 5.56 Å². The van der Waals surface area contributed by atoms with Gasteiger partial charge in [0.25, 0.3) is 0 Å². The van der Waals surface area contributed by atoms with Crippen molar-refractivity contribution in [3.63, 3.8) is 0 Å². The Bertz CT molecular complexity index is 705. The minimum Gasteiger partial charge on any atom is -0.508 e. The first-order valence-corrected chi connectivity index (χ1v) is 7.71. The van der Waals surface area contributed by atoms with Crippen molar-refractivity contribution >= 4 is 35.0 Å². The van der Waals surface area contributed by atoms with Gasteiger partial charge in [0.15, 0.2) is 0 Å². The maximum Gasteiger partial charge on any atom is 0.418 e. The zero-order valence-electron chi connectivity index (χ0n) is 11.5. The van der Waals surface area contributed by atoms with E-state index in [0.717, 1.165) is 17.8 Å². The summed E-state index contributed by atoms with van der Waals surface area (Å²) >= 11 is 6.89. The van der Waals surface area contributed by atoms with Crippen molar-refractivity contribution < 1.29 is 23.1 Å². The largest absolute Gasteiger partial charge is 0.508 e. The number of amides is 1. The maximum absolute atomic E-state index is 12.9. The first-order chi connectivity index (χ1) is 10.8. The number of alkyl halides is 3. The van der Waals surface area contributed by atoms with Crippen LogP contribution in [0.2, 0.25) is 5.02 Å². The highest BCUT2D eigenvalue weighted by Gasteiger charge is 2.34. The number of rotatable bonds is 4. The third kappa shape index (κ3) is 4.80. The highest BCUT2D eigenvalue weighted by atomic mass is 35.5. The van der Waals surface area contributed by atoms with Gasteiger partial charge in [-0.3, -0.25) is 4.79 Å². The molecule has 2 N–H and O–H groups in total. The average Bonchev–Trinajstić information content (AvgIpc) is 2.47. The van der Waals surface area contributed by atoms with Crippen LogP contribution < -0.4 is 5.32 Å². The zero-order chi connectivity index (χ0) is 17.0. The van der Waals surface area contributed by atoms with Gasteiger partial charge in [0.1, 0.15) is 5.75 Å². The highest BCUT2D eigenvalue weighted by molar-refractivity contribution is 8.00. The number of benzene rings is 2. The van der Waals surface area contributed by atoms with Gasteiger partial charge in [-0.2, -0.15) is 13.2 Å². The fourth-order valence-electron chi connectivity index (χ4n) is 1.75. The van der Waals surface area contributed by atoms with E-state index in [9.17, 15) is 18.0 Å². The molecule has 23 heavy (non-hydrogen) atoms. The number of thioether (sulfide) groups is 1. The van der Waals surface area contributed by atoms with E-state index in [2.05, 4.69) is 5.32 Å². The molecule has 0 spiro atoms. The lowest BCUT2D eigenvalue weighted by Gasteiger charge is -2.15. The van der Waals surface area contributed by atoms with Crippen LogP contribution in [0.4, 0.5) is 18.9 Å². The van der Waals surface area contributed by atoms with Gasteiger partial charge in [-0.15, -0.1) is 11.8 Å². The van der Waals surface area contributed by atoms with E-state index in [1.807, 2.05) is 0 Å². The summed E-state index contributed by atoms with van der Waals surface area (Å²) in [6, 6.07) is 9.42. The van der Waals surface area contributed by atoms with Crippen LogP contribution in [0.5, 0.6) is 5.75 Å². The number of carbonyl (C=O) groups excluding carboxylic acids is 1. The second-order valence-corrected chi connectivity index (χ2v) is 5.95. The lowest BCUT2D eigenvalue weighted by atomic mass is 10.1. The monoisotopic (exact) mass is 361 g/mol. The zero-order valence-corrected chi connectivity index (χ0v) is 13.1. The summed E-state index contributed by atoms with van der Waals surface area (Å²) in [4.78, 5) is 12.6. The van der Waals surface area contributed by atoms with Crippen LogP contribution in [-0.2, 0) is 11.0 Å². The van der Waals surface area contributed by atoms with Crippen LogP contribution in [0, 0.1) is 0 Å². The second-order valence-electron chi connectivity index (χ2n) is 4.49. The Morgan fingerprint density at radius 3 is 2.43 bits per heavy atom. The third-order valence-electron chi connectivity index (χ3n) is 2.79. The topological polar surface area (TPSA) is 49.3 Å². The SMILES string of the molecule is O=C(CSc1ccc(O)cc1)Nc1c(Cl)cccc1C(F)(F)F. The van der Waals surface area contributed by atoms with E-state index in [1.165, 1.54) is 24.3 Å². The standard InChI is InChI=1S/C15H11ClF3NO2S/c16-12-3-1-2-11(15(17,18)19)14(12)20-13(22)8-23-10-6-4-9(21)5-7-10/h1-7,21H,8H2,(H,20,22). The molecule has 0 atom stereocenters. The van der Waals surface area contributed by atoms with E-state index in [0.29, 0.717) is 4.90 Å². The quantitative estimate of drug-likeness (QED) is 0.769. The van der Waals surface area contributed by atoms with Crippen molar-refractivity contribution in [2.24, 2.45) is 0 Å². The molecule has 0 bridgehead atoms. The Kier molecular flexibility index (Phi) is 5.43. The van der Waals surface area contributed by atoms with Crippen LogP contribution in [-0.4, -0.2) is 16.8 Å². The number of phenols is 1. The predicted octanol–water partition coefficient (Wildman–Crippen LogP) is 4.80. The van der Waals surface area contributed by atoms with Crippen molar-refractivity contribution in [2.75, 3.05) is 11.1 Å². The second kappa shape index (κ2) is 7.14. The van der Waals surface area contributed by atoms with Gasteiger partial charge in [-0.25, -0.2) is 0 Å². The minimum atomic E-state index is -4.61. The molecule has 0 aliphatic heterocycles. The molecule has 122 valence electrons. The number of aromatic hydroxyl groups is 1. The summed E-state index contributed by atoms with van der Waals surface area (Å²) in [7, 11) is 0. The van der Waals surface area contributed by atoms with Gasteiger partial charge in [-0.05, 0) is 36.4 Å². The number of anilines is 1. The first kappa shape index (κ1) is 17.5. The Morgan fingerprint density at radius 1 is 1.17 bits per heavy atom. The third-order valence-corrected chi connectivity index (χ3v) is 4.12. The lowest BCUT2D eigenvalue weighted by Crippen LogP contribution is -2.18. The van der Waals surface area contributed by atoms with Gasteiger partial charge in [0.05, 0.1) is 22.0 Å². The number of hydrogen-bond donors (Lipinski definition) is 2. The summed E-state index contributed by atoms with van der Waals surface area (Å²) in [5, 5.41) is 11.2. The average molecular weight is 362 g/mol. The van der Waals surface area contributed by atoms with Crippen molar-refractivity contribution in [2.45, 2.75) is 11.1 Å². The summed E-state index contributed by atoms with van der Waals surface area (Å²) in [6.45, 7) is 0. The molecular weight excluding hydrogens is 351 g/mol. The van der Waals surface area contributed by atoms with Gasteiger partial charge in [0, 0.05) is 4.90 Å². The summed E-state index contributed by atoms with van der Waals surface area (Å²) in [5.41, 5.74) is -1.44. The normalized spacial score (nSPS) is 11.3. The number of nitrogens with one attached hydrogen (secondary N) is 1. The summed E-state index contributed by atoms with van der Waals surface area (Å²) in [6.07, 6.45) is -4.61. The van der Waals surface area contributed by atoms with Crippen LogP contribution in [0.25, 0.3) is 0 Å². The molecular formula is C15H11ClF3NO2S. The van der Waals surface area contributed by atoms with Gasteiger partial charge in [0.2, 0.25) is 5.91 Å². The Morgan fingerprint density at radius 2 is 1.83 bits per heavy atom. The number of para-hydroxylation sites is 1. The molecule has 2 aromatic rings. The van der Waals surface area contributed by atoms with E-state index >= 15 is 0 Å². The maximum atomic E-state index is 12.9. The molecule has 3 nitrogen and oxygen atoms in total. The number of halogens is 4. The molecule has 0 unspecified atom stereocenters. The van der Waals surface area contributed by atoms with Crippen LogP contribution >= 0.6 is 23.4 Å². The molecule has 8 heteroatoms. The molecule has 1 amide bonds. The smallest absolute Gasteiger partial charge is 0.418 e. The van der Waals surface area contributed by atoms with Crippen molar-refractivity contribution in [3.05, 3.63) is 53.1 Å². The molecule has 0 fully saturated rings. The molecule has 0 aliphatic carbocycles. The van der Waals surface area contributed by atoms with Gasteiger partial charge >= 0.3 is 6.18 Å². The molecule has 2 rings (SSSR count). The van der Waals surface area contributed by atoms with E-state index in [-0.39, 0.29) is 16.5 Å². The van der Waals surface area contributed by atoms with Gasteiger partial charge < -0.3 is 10.4 Å². The van der Waals surface area contributed by atoms with Crippen LogP contribution in [0.15, 0.2) is 47.4 Å². The summed E-state index contributed by atoms with van der Waals surface area (Å²) in [5.74, 6) is -0.612. The van der Waals surface area contributed by atoms with Crippen molar-refractivity contribution in [1.29, 1.82) is 0 Å².